The van der Waals surface area contributed by atoms with E-state index in [1.54, 1.807) is 6.92 Å². The van der Waals surface area contributed by atoms with E-state index >= 15 is 0 Å². The minimum absolute atomic E-state index is 0.128. The molecule has 0 aliphatic carbocycles. The number of ether oxygens (including phenoxy) is 2. The summed E-state index contributed by atoms with van der Waals surface area (Å²) in [5, 5.41) is 0. The van der Waals surface area contributed by atoms with Crippen molar-refractivity contribution < 1.29 is 35.8 Å². The van der Waals surface area contributed by atoms with Crippen LogP contribution < -0.4 is 0 Å². The summed E-state index contributed by atoms with van der Waals surface area (Å²) in [6.07, 6.45) is -14.4. The Hall–Kier alpha value is -0.500. The summed E-state index contributed by atoms with van der Waals surface area (Å²) >= 11 is 0. The first kappa shape index (κ1) is 14.6. The Morgan fingerprint density at radius 3 is 2.06 bits per heavy atom. The van der Waals surface area contributed by atoms with E-state index in [2.05, 4.69) is 4.74 Å². The highest BCUT2D eigenvalue weighted by molar-refractivity contribution is 4.85. The standard InChI is InChI=1S/C9H12F6O2/c1-2-7(3-16-4-7)5-17-9(14,15)6(10)8(11,12)13/h6H,2-5H2,1H3. The lowest BCUT2D eigenvalue weighted by Gasteiger charge is -2.41. The molecule has 0 saturated carbocycles. The third-order valence-electron chi connectivity index (χ3n) is 2.72. The van der Waals surface area contributed by atoms with Gasteiger partial charge in [0.15, 0.2) is 0 Å². The van der Waals surface area contributed by atoms with Gasteiger partial charge in [0, 0.05) is 5.41 Å². The third kappa shape index (κ3) is 3.25. The lowest BCUT2D eigenvalue weighted by atomic mass is 9.84. The van der Waals surface area contributed by atoms with Crippen molar-refractivity contribution in [2.24, 2.45) is 5.41 Å². The summed E-state index contributed by atoms with van der Waals surface area (Å²) in [5.41, 5.74) is -0.727. The Morgan fingerprint density at radius 2 is 1.76 bits per heavy atom. The van der Waals surface area contributed by atoms with Gasteiger partial charge in [-0.15, -0.1) is 0 Å². The highest BCUT2D eigenvalue weighted by atomic mass is 19.4. The molecule has 1 fully saturated rings. The van der Waals surface area contributed by atoms with Gasteiger partial charge in [-0.2, -0.15) is 22.0 Å². The van der Waals surface area contributed by atoms with Gasteiger partial charge in [0.1, 0.15) is 0 Å². The summed E-state index contributed by atoms with van der Waals surface area (Å²) in [4.78, 5) is 0. The quantitative estimate of drug-likeness (QED) is 0.712. The van der Waals surface area contributed by atoms with Crippen LogP contribution in [0, 0.1) is 5.41 Å². The Morgan fingerprint density at radius 1 is 1.24 bits per heavy atom. The van der Waals surface area contributed by atoms with Crippen LogP contribution in [0.4, 0.5) is 26.3 Å². The summed E-state index contributed by atoms with van der Waals surface area (Å²) < 4.78 is 82.0. The van der Waals surface area contributed by atoms with Gasteiger partial charge in [-0.1, -0.05) is 6.92 Å². The molecule has 0 aromatic carbocycles. The van der Waals surface area contributed by atoms with Gasteiger partial charge in [0.25, 0.3) is 6.17 Å². The predicted molar refractivity (Wildman–Crippen MR) is 45.4 cm³/mol. The van der Waals surface area contributed by atoms with Crippen LogP contribution in [0.5, 0.6) is 0 Å². The van der Waals surface area contributed by atoms with Crippen molar-refractivity contribution in [3.05, 3.63) is 0 Å². The monoisotopic (exact) mass is 266 g/mol. The highest BCUT2D eigenvalue weighted by Crippen LogP contribution is 2.39. The first-order valence-corrected chi connectivity index (χ1v) is 4.93. The zero-order chi connectivity index (χ0) is 13.3. The van der Waals surface area contributed by atoms with Crippen molar-refractivity contribution >= 4 is 0 Å². The molecule has 0 radical (unpaired) electrons. The van der Waals surface area contributed by atoms with Crippen molar-refractivity contribution in [1.29, 1.82) is 0 Å². The van der Waals surface area contributed by atoms with Crippen LogP contribution in [0.25, 0.3) is 0 Å². The van der Waals surface area contributed by atoms with Crippen LogP contribution in [-0.2, 0) is 9.47 Å². The van der Waals surface area contributed by atoms with Gasteiger partial charge in [-0.25, -0.2) is 4.39 Å². The Kier molecular flexibility index (Phi) is 3.97. The van der Waals surface area contributed by atoms with Crippen molar-refractivity contribution in [3.8, 4) is 0 Å². The summed E-state index contributed by atoms with van der Waals surface area (Å²) in [5.74, 6) is 0. The van der Waals surface area contributed by atoms with Crippen molar-refractivity contribution in [2.45, 2.75) is 31.8 Å². The first-order chi connectivity index (χ1) is 7.63. The van der Waals surface area contributed by atoms with Crippen LogP contribution in [-0.4, -0.2) is 38.3 Å². The molecule has 1 heterocycles. The zero-order valence-electron chi connectivity index (χ0n) is 8.99. The molecule has 102 valence electrons. The maximum atomic E-state index is 12.8. The number of halogens is 6. The first-order valence-electron chi connectivity index (χ1n) is 4.93. The second-order valence-corrected chi connectivity index (χ2v) is 4.10. The smallest absolute Gasteiger partial charge is 0.380 e. The normalized spacial score (nSPS) is 22.1. The molecule has 0 N–H and O–H groups in total. The zero-order valence-corrected chi connectivity index (χ0v) is 8.99. The topological polar surface area (TPSA) is 18.5 Å². The fraction of sp³-hybridized carbons (Fsp3) is 1.00. The molecule has 0 spiro atoms. The third-order valence-corrected chi connectivity index (χ3v) is 2.72. The molecule has 1 saturated heterocycles. The maximum absolute atomic E-state index is 12.8. The second-order valence-electron chi connectivity index (χ2n) is 4.10. The van der Waals surface area contributed by atoms with Crippen LogP contribution in [0.3, 0.4) is 0 Å². The van der Waals surface area contributed by atoms with Gasteiger partial charge in [-0.3, -0.25) is 0 Å². The van der Waals surface area contributed by atoms with E-state index in [9.17, 15) is 26.3 Å². The van der Waals surface area contributed by atoms with E-state index in [0.29, 0.717) is 6.42 Å². The summed E-state index contributed by atoms with van der Waals surface area (Å²) in [7, 11) is 0. The van der Waals surface area contributed by atoms with E-state index < -0.39 is 30.5 Å². The maximum Gasteiger partial charge on any atom is 0.428 e. The van der Waals surface area contributed by atoms with Crippen LogP contribution in [0.15, 0.2) is 0 Å². The van der Waals surface area contributed by atoms with Crippen molar-refractivity contribution in [3.63, 3.8) is 0 Å². The minimum atomic E-state index is -5.64. The molecule has 2 nitrogen and oxygen atoms in total. The van der Waals surface area contributed by atoms with Gasteiger partial charge in [0.05, 0.1) is 19.8 Å². The van der Waals surface area contributed by atoms with Crippen LogP contribution in [0.2, 0.25) is 0 Å². The number of hydrogen-bond acceptors (Lipinski definition) is 2. The van der Waals surface area contributed by atoms with E-state index in [0.717, 1.165) is 0 Å². The Labute approximate surface area is 93.9 Å². The van der Waals surface area contributed by atoms with Crippen LogP contribution in [0.1, 0.15) is 13.3 Å². The van der Waals surface area contributed by atoms with E-state index in [1.165, 1.54) is 0 Å². The minimum Gasteiger partial charge on any atom is -0.380 e. The molecular formula is C9H12F6O2. The SMILES string of the molecule is CCC1(COC(F)(F)C(F)C(F)(F)F)COC1. The fourth-order valence-corrected chi connectivity index (χ4v) is 1.29. The molecular weight excluding hydrogens is 254 g/mol. The van der Waals surface area contributed by atoms with Crippen molar-refractivity contribution in [1.82, 2.24) is 0 Å². The van der Waals surface area contributed by atoms with Gasteiger partial charge in [-0.05, 0) is 6.42 Å². The number of hydrogen-bond donors (Lipinski definition) is 0. The summed E-state index contributed by atoms with van der Waals surface area (Å²) in [6.45, 7) is 1.26. The van der Waals surface area contributed by atoms with E-state index in [-0.39, 0.29) is 13.2 Å². The fourth-order valence-electron chi connectivity index (χ4n) is 1.29. The van der Waals surface area contributed by atoms with Gasteiger partial charge >= 0.3 is 12.3 Å². The van der Waals surface area contributed by atoms with E-state index in [4.69, 9.17) is 4.74 Å². The number of rotatable bonds is 5. The van der Waals surface area contributed by atoms with E-state index in [1.807, 2.05) is 0 Å². The number of alkyl halides is 6. The average Bonchev–Trinajstić information content (AvgIpc) is 2.14. The predicted octanol–water partition coefficient (Wildman–Crippen LogP) is 2.92. The van der Waals surface area contributed by atoms with Crippen LogP contribution >= 0.6 is 0 Å². The largest absolute Gasteiger partial charge is 0.428 e. The molecule has 0 bridgehead atoms. The average molecular weight is 266 g/mol. The molecule has 0 aromatic rings. The Bertz CT molecular complexity index is 255. The van der Waals surface area contributed by atoms with Gasteiger partial charge < -0.3 is 9.47 Å². The van der Waals surface area contributed by atoms with Crippen molar-refractivity contribution in [2.75, 3.05) is 19.8 Å². The molecule has 8 heteroatoms. The summed E-state index contributed by atoms with van der Waals surface area (Å²) in [6, 6.07) is 0. The molecule has 1 atom stereocenters. The molecule has 1 aliphatic heterocycles. The molecule has 0 amide bonds. The molecule has 1 rings (SSSR count). The molecule has 1 aliphatic rings. The van der Waals surface area contributed by atoms with Gasteiger partial charge in [0.2, 0.25) is 0 Å². The second kappa shape index (κ2) is 4.64. The lowest BCUT2D eigenvalue weighted by Crippen LogP contribution is -2.50. The molecule has 0 aromatic heterocycles. The lowest BCUT2D eigenvalue weighted by molar-refractivity contribution is -0.348. The highest BCUT2D eigenvalue weighted by Gasteiger charge is 2.59. The molecule has 17 heavy (non-hydrogen) atoms. The Balaban J connectivity index is 2.55. The molecule has 1 unspecified atom stereocenters.